The van der Waals surface area contributed by atoms with Crippen molar-refractivity contribution in [2.75, 3.05) is 0 Å². The number of allylic oxidation sites excluding steroid dienone is 2. The molecule has 0 aliphatic heterocycles. The van der Waals surface area contributed by atoms with Crippen LogP contribution in [0.25, 0.3) is 6.08 Å². The van der Waals surface area contributed by atoms with E-state index >= 15 is 0 Å². The first kappa shape index (κ1) is 20.3. The molecule has 0 saturated carbocycles. The highest BCUT2D eigenvalue weighted by Crippen LogP contribution is 2.39. The van der Waals surface area contributed by atoms with Crippen LogP contribution >= 0.6 is 0 Å². The van der Waals surface area contributed by atoms with Crippen molar-refractivity contribution in [2.24, 2.45) is 0 Å². The normalized spacial score (nSPS) is 13.4. The molecule has 0 atom stereocenters. The highest BCUT2D eigenvalue weighted by Gasteiger charge is 2.40. The molecule has 0 radical (unpaired) electrons. The summed E-state index contributed by atoms with van der Waals surface area (Å²) in [5, 5.41) is 0.146. The second-order valence-corrected chi connectivity index (χ2v) is 12.6. The Labute approximate surface area is 149 Å². The summed E-state index contributed by atoms with van der Waals surface area (Å²) in [6, 6.07) is 10.6. The Morgan fingerprint density at radius 2 is 1.75 bits per heavy atom. The maximum Gasteiger partial charge on any atom is 0.252 e. The molecule has 2 nitrogen and oxygen atoms in total. The third-order valence-corrected chi connectivity index (χ3v) is 8.78. The molecule has 1 aromatic carbocycles. The largest absolute Gasteiger partial charge is 0.532 e. The molecule has 0 saturated heterocycles. The minimum Gasteiger partial charge on any atom is -0.532 e. The summed E-state index contributed by atoms with van der Waals surface area (Å²) in [4.78, 5) is 2.18. The zero-order valence-corrected chi connectivity index (χ0v) is 17.3. The molecule has 1 rings (SSSR count). The SMILES string of the molecule is C=C/C=C/N(/C(=C/c1ccccc1)O[Si](C)(C)C(C)(C)C)C(C)C. The van der Waals surface area contributed by atoms with Crippen LogP contribution in [0.1, 0.15) is 40.2 Å². The molecular weight excluding hydrogens is 310 g/mol. The van der Waals surface area contributed by atoms with Gasteiger partial charge in [-0.3, -0.25) is 0 Å². The van der Waals surface area contributed by atoms with E-state index in [1.807, 2.05) is 18.3 Å². The zero-order chi connectivity index (χ0) is 18.4. The van der Waals surface area contributed by atoms with E-state index < -0.39 is 8.32 Å². The van der Waals surface area contributed by atoms with Crippen LogP contribution < -0.4 is 0 Å². The number of hydrogen-bond donors (Lipinski definition) is 0. The van der Waals surface area contributed by atoms with Crippen molar-refractivity contribution < 1.29 is 4.43 Å². The highest BCUT2D eigenvalue weighted by atomic mass is 28.4. The van der Waals surface area contributed by atoms with Gasteiger partial charge in [0.2, 0.25) is 0 Å². The van der Waals surface area contributed by atoms with Gasteiger partial charge in [-0.2, -0.15) is 0 Å². The summed E-state index contributed by atoms with van der Waals surface area (Å²) < 4.78 is 6.67. The molecule has 0 aliphatic carbocycles. The van der Waals surface area contributed by atoms with Gasteiger partial charge >= 0.3 is 0 Å². The van der Waals surface area contributed by atoms with Gasteiger partial charge in [0, 0.05) is 18.3 Å². The molecule has 0 fully saturated rings. The van der Waals surface area contributed by atoms with Crippen molar-refractivity contribution in [1.29, 1.82) is 0 Å². The van der Waals surface area contributed by atoms with E-state index in [-0.39, 0.29) is 5.04 Å². The molecule has 0 spiro atoms. The Bertz CT molecular complexity index is 580. The minimum atomic E-state index is -1.94. The van der Waals surface area contributed by atoms with Crippen molar-refractivity contribution in [3.05, 3.63) is 66.7 Å². The standard InChI is InChI=1S/C21H33NOSi/c1-9-10-16-22(18(2)3)20(17-19-14-12-11-13-15-19)23-24(7,8)21(4,5)6/h9-18H,1H2,2-8H3/b16-10+,20-17-. The molecule has 0 aromatic heterocycles. The first-order chi connectivity index (χ1) is 11.1. The lowest BCUT2D eigenvalue weighted by Crippen LogP contribution is -2.43. The summed E-state index contributed by atoms with van der Waals surface area (Å²) >= 11 is 0. The maximum absolute atomic E-state index is 6.67. The van der Waals surface area contributed by atoms with E-state index in [0.717, 1.165) is 11.4 Å². The van der Waals surface area contributed by atoms with Crippen molar-refractivity contribution in [3.8, 4) is 0 Å². The molecule has 1 aromatic rings. The first-order valence-corrected chi connectivity index (χ1v) is 11.5. The van der Waals surface area contributed by atoms with Crippen molar-refractivity contribution in [2.45, 2.75) is 58.8 Å². The van der Waals surface area contributed by atoms with Crippen LogP contribution in [-0.4, -0.2) is 19.3 Å². The number of rotatable bonds is 7. The van der Waals surface area contributed by atoms with Gasteiger partial charge < -0.3 is 9.33 Å². The smallest absolute Gasteiger partial charge is 0.252 e. The van der Waals surface area contributed by atoms with E-state index in [0.29, 0.717) is 6.04 Å². The van der Waals surface area contributed by atoms with Crippen LogP contribution in [0, 0.1) is 0 Å². The quantitative estimate of drug-likeness (QED) is 0.322. The van der Waals surface area contributed by atoms with Gasteiger partial charge in [-0.05, 0) is 43.6 Å². The third-order valence-electron chi connectivity index (χ3n) is 4.45. The average Bonchev–Trinajstić information content (AvgIpc) is 2.46. The van der Waals surface area contributed by atoms with E-state index in [1.165, 1.54) is 0 Å². The molecule has 0 amide bonds. The second-order valence-electron chi connectivity index (χ2n) is 7.83. The molecule has 0 aliphatic rings. The number of nitrogens with zero attached hydrogens (tertiary/aromatic N) is 1. The van der Waals surface area contributed by atoms with E-state index in [1.54, 1.807) is 6.08 Å². The fourth-order valence-electron chi connectivity index (χ4n) is 1.92. The van der Waals surface area contributed by atoms with Gasteiger partial charge in [-0.15, -0.1) is 0 Å². The first-order valence-electron chi connectivity index (χ1n) is 8.62. The average molecular weight is 344 g/mol. The molecule has 0 bridgehead atoms. The van der Waals surface area contributed by atoms with Gasteiger partial charge in [0.25, 0.3) is 8.32 Å². The van der Waals surface area contributed by atoms with Gasteiger partial charge in [0.1, 0.15) is 0 Å². The fraction of sp³-hybridized carbons (Fsp3) is 0.429. The van der Waals surface area contributed by atoms with Crippen LogP contribution in [0.2, 0.25) is 18.1 Å². The Kier molecular flexibility index (Phi) is 7.09. The van der Waals surface area contributed by atoms with Crippen LogP contribution in [0.3, 0.4) is 0 Å². The molecule has 0 N–H and O–H groups in total. The Hall–Kier alpha value is -1.74. The van der Waals surface area contributed by atoms with Gasteiger partial charge in [-0.25, -0.2) is 0 Å². The summed E-state index contributed by atoms with van der Waals surface area (Å²) in [5.74, 6) is 0.904. The predicted octanol–water partition coefficient (Wildman–Crippen LogP) is 6.42. The lowest BCUT2D eigenvalue weighted by Gasteiger charge is -2.40. The molecule has 132 valence electrons. The van der Waals surface area contributed by atoms with Crippen LogP contribution in [-0.2, 0) is 4.43 Å². The number of benzene rings is 1. The maximum atomic E-state index is 6.67. The minimum absolute atomic E-state index is 0.146. The Balaban J connectivity index is 3.33. The highest BCUT2D eigenvalue weighted by molar-refractivity contribution is 6.74. The van der Waals surface area contributed by atoms with Gasteiger partial charge in [-0.1, -0.05) is 63.8 Å². The second kappa shape index (κ2) is 8.38. The number of hydrogen-bond acceptors (Lipinski definition) is 2. The summed E-state index contributed by atoms with van der Waals surface area (Å²) in [5.41, 5.74) is 1.14. The van der Waals surface area contributed by atoms with Gasteiger partial charge in [0.05, 0.1) is 0 Å². The Morgan fingerprint density at radius 3 is 2.21 bits per heavy atom. The molecule has 0 heterocycles. The van der Waals surface area contributed by atoms with Gasteiger partial charge in [0.15, 0.2) is 5.88 Å². The predicted molar refractivity (Wildman–Crippen MR) is 109 cm³/mol. The zero-order valence-electron chi connectivity index (χ0n) is 16.3. The van der Waals surface area contributed by atoms with E-state index in [9.17, 15) is 0 Å². The molecular formula is C21H33NOSi. The van der Waals surface area contributed by atoms with Crippen molar-refractivity contribution in [3.63, 3.8) is 0 Å². The lowest BCUT2D eigenvalue weighted by atomic mass is 10.2. The molecule has 3 heteroatoms. The summed E-state index contributed by atoms with van der Waals surface area (Å²) in [6.07, 6.45) is 7.92. The summed E-state index contributed by atoms with van der Waals surface area (Å²) in [6.45, 7) is 19.5. The molecule has 24 heavy (non-hydrogen) atoms. The van der Waals surface area contributed by atoms with Crippen LogP contribution in [0.4, 0.5) is 0 Å². The van der Waals surface area contributed by atoms with Crippen molar-refractivity contribution in [1.82, 2.24) is 4.90 Å². The Morgan fingerprint density at radius 1 is 1.17 bits per heavy atom. The monoisotopic (exact) mass is 343 g/mol. The fourth-order valence-corrected chi connectivity index (χ4v) is 2.91. The summed E-state index contributed by atoms with van der Waals surface area (Å²) in [7, 11) is -1.94. The lowest BCUT2D eigenvalue weighted by molar-refractivity contribution is 0.228. The third kappa shape index (κ3) is 5.71. The van der Waals surface area contributed by atoms with Crippen LogP contribution in [0.15, 0.2) is 61.1 Å². The van der Waals surface area contributed by atoms with E-state index in [4.69, 9.17) is 4.43 Å². The molecule has 0 unspecified atom stereocenters. The topological polar surface area (TPSA) is 12.5 Å². The van der Waals surface area contributed by atoms with Crippen LogP contribution in [0.5, 0.6) is 0 Å². The van der Waals surface area contributed by atoms with Crippen molar-refractivity contribution >= 4 is 14.4 Å². The van der Waals surface area contributed by atoms with E-state index in [2.05, 4.69) is 89.5 Å².